The number of thioether (sulfide) groups is 1. The van der Waals surface area contributed by atoms with Gasteiger partial charge in [0, 0.05) is 0 Å². The molecule has 0 spiro atoms. The van der Waals surface area contributed by atoms with E-state index in [1.807, 2.05) is 6.92 Å². The Morgan fingerprint density at radius 2 is 2.17 bits per heavy atom. The molecule has 100 valence electrons. The number of nitrogens with zero attached hydrogens (tertiary/aromatic N) is 1. The van der Waals surface area contributed by atoms with Gasteiger partial charge in [0.15, 0.2) is 5.17 Å². The highest BCUT2D eigenvalue weighted by molar-refractivity contribution is 8.16. The zero-order valence-corrected chi connectivity index (χ0v) is 12.2. The van der Waals surface area contributed by atoms with Crippen LogP contribution in [0.1, 0.15) is 46.5 Å². The second-order valence-corrected chi connectivity index (χ2v) is 7.93. The predicted octanol–water partition coefficient (Wildman–Crippen LogP) is 2.81. The van der Waals surface area contributed by atoms with Crippen molar-refractivity contribution < 1.29 is 4.79 Å². The van der Waals surface area contributed by atoms with Crippen molar-refractivity contribution in [1.82, 2.24) is 5.32 Å². The van der Waals surface area contributed by atoms with E-state index in [-0.39, 0.29) is 10.7 Å². The van der Waals surface area contributed by atoms with E-state index in [1.165, 1.54) is 25.7 Å². The first-order valence-corrected chi connectivity index (χ1v) is 7.89. The first-order chi connectivity index (χ1) is 8.49. The summed E-state index contributed by atoms with van der Waals surface area (Å²) >= 11 is 1.63. The average molecular weight is 266 g/mol. The van der Waals surface area contributed by atoms with E-state index in [0.717, 1.165) is 17.0 Å². The summed E-state index contributed by atoms with van der Waals surface area (Å²) < 4.78 is -0.337. The van der Waals surface area contributed by atoms with Crippen molar-refractivity contribution in [3.63, 3.8) is 0 Å². The van der Waals surface area contributed by atoms with Gasteiger partial charge in [0.1, 0.15) is 4.75 Å². The van der Waals surface area contributed by atoms with Gasteiger partial charge < -0.3 is 5.32 Å². The molecule has 4 atom stereocenters. The van der Waals surface area contributed by atoms with Gasteiger partial charge in [-0.1, -0.05) is 32.0 Å². The van der Waals surface area contributed by atoms with Crippen LogP contribution in [0.15, 0.2) is 4.99 Å². The Morgan fingerprint density at radius 3 is 2.67 bits per heavy atom. The molecule has 3 nitrogen and oxygen atoms in total. The molecule has 3 rings (SSSR count). The van der Waals surface area contributed by atoms with Gasteiger partial charge in [-0.25, -0.2) is 0 Å². The SMILES string of the molecule is CC(C)[C@]1(C)SC(=N[C@H]2CC3CCC2C3)NC1=O. The second kappa shape index (κ2) is 4.26. The smallest absolute Gasteiger partial charge is 0.242 e. The molecule has 2 bridgehead atoms. The van der Waals surface area contributed by atoms with Gasteiger partial charge in [-0.05, 0) is 43.9 Å². The summed E-state index contributed by atoms with van der Waals surface area (Å²) in [4.78, 5) is 16.9. The Labute approximate surface area is 113 Å². The minimum Gasteiger partial charge on any atom is -0.304 e. The number of carbonyl (C=O) groups is 1. The fraction of sp³-hybridized carbons (Fsp3) is 0.857. The predicted molar refractivity (Wildman–Crippen MR) is 75.6 cm³/mol. The largest absolute Gasteiger partial charge is 0.304 e. The third-order valence-electron chi connectivity index (χ3n) is 5.07. The number of aliphatic imine (C=N–C) groups is 1. The van der Waals surface area contributed by atoms with E-state index in [2.05, 4.69) is 19.2 Å². The van der Waals surface area contributed by atoms with Gasteiger partial charge in [0.25, 0.3) is 0 Å². The summed E-state index contributed by atoms with van der Waals surface area (Å²) in [6, 6.07) is 0.473. The third-order valence-corrected chi connectivity index (χ3v) is 6.55. The molecule has 2 saturated carbocycles. The molecule has 3 fully saturated rings. The first kappa shape index (κ1) is 12.5. The molecule has 1 N–H and O–H groups in total. The summed E-state index contributed by atoms with van der Waals surface area (Å²) in [6.07, 6.45) is 5.34. The van der Waals surface area contributed by atoms with Crippen LogP contribution in [0.2, 0.25) is 0 Å². The lowest BCUT2D eigenvalue weighted by Crippen LogP contribution is -2.38. The lowest BCUT2D eigenvalue weighted by molar-refractivity contribution is -0.122. The molecular weight excluding hydrogens is 244 g/mol. The van der Waals surface area contributed by atoms with Crippen LogP contribution in [0.5, 0.6) is 0 Å². The summed E-state index contributed by atoms with van der Waals surface area (Å²) in [6.45, 7) is 6.24. The number of amides is 1. The molecule has 1 aliphatic heterocycles. The van der Waals surface area contributed by atoms with Crippen molar-refractivity contribution >= 4 is 22.8 Å². The quantitative estimate of drug-likeness (QED) is 0.835. The van der Waals surface area contributed by atoms with E-state index >= 15 is 0 Å². The number of rotatable bonds is 2. The number of nitrogens with one attached hydrogen (secondary N) is 1. The van der Waals surface area contributed by atoms with Crippen LogP contribution in [0, 0.1) is 17.8 Å². The fourth-order valence-corrected chi connectivity index (χ4v) is 4.57. The lowest BCUT2D eigenvalue weighted by Gasteiger charge is -2.23. The van der Waals surface area contributed by atoms with E-state index in [1.54, 1.807) is 11.8 Å². The van der Waals surface area contributed by atoms with Crippen LogP contribution in [-0.2, 0) is 4.79 Å². The van der Waals surface area contributed by atoms with Gasteiger partial charge in [0.2, 0.25) is 5.91 Å². The van der Waals surface area contributed by atoms with Crippen LogP contribution < -0.4 is 5.32 Å². The van der Waals surface area contributed by atoms with Crippen molar-refractivity contribution in [2.75, 3.05) is 0 Å². The molecule has 3 aliphatic rings. The molecule has 1 amide bonds. The Hall–Kier alpha value is -0.510. The monoisotopic (exact) mass is 266 g/mol. The molecule has 4 heteroatoms. The number of carbonyl (C=O) groups excluding carboxylic acids is 1. The number of amidine groups is 1. The van der Waals surface area contributed by atoms with Gasteiger partial charge in [-0.2, -0.15) is 0 Å². The normalized spacial score (nSPS) is 45.2. The highest BCUT2D eigenvalue weighted by Crippen LogP contribution is 2.47. The summed E-state index contributed by atoms with van der Waals surface area (Å²) in [5.41, 5.74) is 0. The van der Waals surface area contributed by atoms with Crippen LogP contribution in [0.25, 0.3) is 0 Å². The maximum absolute atomic E-state index is 12.1. The van der Waals surface area contributed by atoms with Crippen LogP contribution in [-0.4, -0.2) is 21.9 Å². The molecule has 1 saturated heterocycles. The molecule has 1 heterocycles. The van der Waals surface area contributed by atoms with Crippen molar-refractivity contribution in [3.05, 3.63) is 0 Å². The molecule has 0 aromatic heterocycles. The number of fused-ring (bicyclic) bond motifs is 2. The van der Waals surface area contributed by atoms with Crippen LogP contribution in [0.4, 0.5) is 0 Å². The van der Waals surface area contributed by atoms with Crippen molar-refractivity contribution in [3.8, 4) is 0 Å². The topological polar surface area (TPSA) is 41.5 Å². The summed E-state index contributed by atoms with van der Waals surface area (Å²) in [5.74, 6) is 2.15. The Morgan fingerprint density at radius 1 is 1.39 bits per heavy atom. The van der Waals surface area contributed by atoms with E-state index < -0.39 is 0 Å². The summed E-state index contributed by atoms with van der Waals surface area (Å²) in [7, 11) is 0. The van der Waals surface area contributed by atoms with Crippen molar-refractivity contribution in [2.24, 2.45) is 22.7 Å². The minimum atomic E-state index is -0.337. The van der Waals surface area contributed by atoms with Gasteiger partial charge >= 0.3 is 0 Å². The van der Waals surface area contributed by atoms with Gasteiger partial charge in [-0.3, -0.25) is 9.79 Å². The Kier molecular flexibility index (Phi) is 2.96. The van der Waals surface area contributed by atoms with Crippen molar-refractivity contribution in [1.29, 1.82) is 0 Å². The van der Waals surface area contributed by atoms with E-state index in [0.29, 0.717) is 12.0 Å². The van der Waals surface area contributed by atoms with Gasteiger partial charge in [-0.15, -0.1) is 0 Å². The molecule has 18 heavy (non-hydrogen) atoms. The Balaban J connectivity index is 1.74. The molecule has 2 aliphatic carbocycles. The third kappa shape index (κ3) is 1.89. The van der Waals surface area contributed by atoms with Gasteiger partial charge in [0.05, 0.1) is 6.04 Å². The highest BCUT2D eigenvalue weighted by atomic mass is 32.2. The van der Waals surface area contributed by atoms with E-state index in [4.69, 9.17) is 4.99 Å². The van der Waals surface area contributed by atoms with Crippen LogP contribution in [0.3, 0.4) is 0 Å². The highest BCUT2D eigenvalue weighted by Gasteiger charge is 2.46. The van der Waals surface area contributed by atoms with Crippen molar-refractivity contribution in [2.45, 2.75) is 57.2 Å². The maximum atomic E-state index is 12.1. The average Bonchev–Trinajstić information content (AvgIpc) is 2.95. The zero-order valence-electron chi connectivity index (χ0n) is 11.4. The van der Waals surface area contributed by atoms with E-state index in [9.17, 15) is 4.79 Å². The Bertz CT molecular complexity index is 407. The number of hydrogen-bond acceptors (Lipinski definition) is 3. The standard InChI is InChI=1S/C14H22N2OS/c1-8(2)14(3)12(17)16-13(18-14)15-11-7-9-4-5-10(11)6-9/h8-11H,4-7H2,1-3H3,(H,15,16,17)/t9?,10?,11-,14-/m0/s1. The molecule has 0 aromatic rings. The fourth-order valence-electron chi connectivity index (χ4n) is 3.45. The molecule has 0 aromatic carbocycles. The molecular formula is C14H22N2OS. The number of hydrogen-bond donors (Lipinski definition) is 1. The van der Waals surface area contributed by atoms with Crippen LogP contribution >= 0.6 is 11.8 Å². The summed E-state index contributed by atoms with van der Waals surface area (Å²) in [5, 5.41) is 3.86. The second-order valence-electron chi connectivity index (χ2n) is 6.49. The molecule has 2 unspecified atom stereocenters. The lowest BCUT2D eigenvalue weighted by atomic mass is 9.96. The minimum absolute atomic E-state index is 0.129. The molecule has 0 radical (unpaired) electrons. The maximum Gasteiger partial charge on any atom is 0.242 e. The zero-order chi connectivity index (χ0) is 12.9. The first-order valence-electron chi connectivity index (χ1n) is 7.07.